The zero-order valence-corrected chi connectivity index (χ0v) is 19.2. The first-order chi connectivity index (χ1) is 17.9. The lowest BCUT2D eigenvalue weighted by atomic mass is 10.0. The second-order valence-corrected chi connectivity index (χ2v) is 8.95. The van der Waals surface area contributed by atoms with Crippen molar-refractivity contribution >= 4 is 33.4 Å². The summed E-state index contributed by atoms with van der Waals surface area (Å²) in [6, 6.07) is 38.3. The third kappa shape index (κ3) is 2.61. The second kappa shape index (κ2) is 7.20. The number of hydrogen-bond donors (Lipinski definition) is 0. The van der Waals surface area contributed by atoms with Gasteiger partial charge in [0.1, 0.15) is 11.3 Å². The summed E-state index contributed by atoms with van der Waals surface area (Å²) in [6.45, 7) is 0. The normalized spacial score (nSPS) is 11.9. The first-order valence-corrected chi connectivity index (χ1v) is 11.9. The monoisotopic (exact) mass is 464 g/mol. The highest BCUT2D eigenvalue weighted by molar-refractivity contribution is 5.86. The zero-order valence-electron chi connectivity index (χ0n) is 19.2. The van der Waals surface area contributed by atoms with Crippen molar-refractivity contribution < 1.29 is 0 Å². The van der Waals surface area contributed by atoms with Gasteiger partial charge in [0.2, 0.25) is 0 Å². The van der Waals surface area contributed by atoms with Crippen molar-refractivity contribution in [3.63, 3.8) is 0 Å². The van der Waals surface area contributed by atoms with Gasteiger partial charge in [-0.25, -0.2) is 9.03 Å². The first kappa shape index (κ1) is 19.2. The third-order valence-electron chi connectivity index (χ3n) is 6.95. The predicted octanol–water partition coefficient (Wildman–Crippen LogP) is 6.54. The Morgan fingerprint density at radius 2 is 0.861 bits per heavy atom. The Kier molecular flexibility index (Phi) is 3.85. The van der Waals surface area contributed by atoms with E-state index in [2.05, 4.69) is 129 Å². The van der Waals surface area contributed by atoms with Gasteiger partial charge < -0.3 is 0 Å². The van der Waals surface area contributed by atoms with Gasteiger partial charge in [-0.3, -0.25) is 9.13 Å². The molecule has 0 bridgehead atoms. The molecule has 0 unspecified atom stereocenters. The first-order valence-electron chi connectivity index (χ1n) is 11.9. The largest absolute Gasteiger partial charge is 0.293 e. The molecule has 8 aromatic rings. The second-order valence-electron chi connectivity index (χ2n) is 8.95. The summed E-state index contributed by atoms with van der Waals surface area (Å²) in [5.41, 5.74) is 11.1. The van der Waals surface area contributed by atoms with Crippen LogP contribution in [0.5, 0.6) is 0 Å². The molecule has 0 spiro atoms. The Labute approximate surface area is 205 Å². The average molecular weight is 465 g/mol. The van der Waals surface area contributed by atoms with E-state index in [-0.39, 0.29) is 0 Å². The lowest BCUT2D eigenvalue weighted by Gasteiger charge is -2.11. The van der Waals surface area contributed by atoms with Crippen molar-refractivity contribution in [2.45, 2.75) is 0 Å². The van der Waals surface area contributed by atoms with Gasteiger partial charge in [-0.15, -0.1) is 0 Å². The standard InChI is InChI=1S/C30H20N6/c1-3-13-27-25(11-1)33(29-15-17-31-35(27)29)23-9-5-7-21(19-23)22-8-6-10-24(20-22)34-26-12-2-4-14-28(26)36-30(34)16-18-32-36/h1-20H. The zero-order chi connectivity index (χ0) is 23.6. The number of nitrogens with zero attached hydrogens (tertiary/aromatic N) is 6. The molecular weight excluding hydrogens is 444 g/mol. The minimum Gasteiger partial charge on any atom is -0.293 e. The average Bonchev–Trinajstić information content (AvgIpc) is 3.70. The van der Waals surface area contributed by atoms with Gasteiger partial charge in [-0.1, -0.05) is 48.5 Å². The van der Waals surface area contributed by atoms with Crippen LogP contribution in [-0.2, 0) is 0 Å². The van der Waals surface area contributed by atoms with Crippen LogP contribution in [0.3, 0.4) is 0 Å². The molecule has 0 saturated heterocycles. The summed E-state index contributed by atoms with van der Waals surface area (Å²) in [4.78, 5) is 0. The fraction of sp³-hybridized carbons (Fsp3) is 0. The molecule has 0 aliphatic rings. The van der Waals surface area contributed by atoms with Crippen LogP contribution in [0.2, 0.25) is 0 Å². The molecule has 0 atom stereocenters. The minimum absolute atomic E-state index is 1.05. The molecule has 8 rings (SSSR count). The quantitative estimate of drug-likeness (QED) is 0.298. The maximum atomic E-state index is 4.54. The van der Waals surface area contributed by atoms with Crippen molar-refractivity contribution in [2.24, 2.45) is 0 Å². The van der Waals surface area contributed by atoms with Crippen LogP contribution in [0.15, 0.2) is 122 Å². The molecule has 4 aromatic carbocycles. The predicted molar refractivity (Wildman–Crippen MR) is 143 cm³/mol. The van der Waals surface area contributed by atoms with E-state index in [0.717, 1.165) is 55.9 Å². The van der Waals surface area contributed by atoms with Crippen LogP contribution in [0.1, 0.15) is 0 Å². The molecule has 0 N–H and O–H groups in total. The Morgan fingerprint density at radius 1 is 0.417 bits per heavy atom. The van der Waals surface area contributed by atoms with E-state index in [1.807, 2.05) is 21.4 Å². The van der Waals surface area contributed by atoms with E-state index in [1.54, 1.807) is 0 Å². The van der Waals surface area contributed by atoms with Gasteiger partial charge in [-0.2, -0.15) is 10.2 Å². The number of hydrogen-bond acceptors (Lipinski definition) is 2. The molecule has 6 nitrogen and oxygen atoms in total. The fourth-order valence-corrected chi connectivity index (χ4v) is 5.41. The van der Waals surface area contributed by atoms with Crippen LogP contribution >= 0.6 is 0 Å². The van der Waals surface area contributed by atoms with Crippen LogP contribution in [0.25, 0.3) is 55.9 Å². The van der Waals surface area contributed by atoms with Crippen LogP contribution in [0.4, 0.5) is 0 Å². The summed E-state index contributed by atoms with van der Waals surface area (Å²) < 4.78 is 8.53. The lowest BCUT2D eigenvalue weighted by Crippen LogP contribution is -1.96. The Balaban J connectivity index is 1.31. The number of imidazole rings is 2. The summed E-state index contributed by atoms with van der Waals surface area (Å²) in [6.07, 6.45) is 3.70. The number of rotatable bonds is 3. The topological polar surface area (TPSA) is 44.5 Å². The van der Waals surface area contributed by atoms with Gasteiger partial charge in [0.25, 0.3) is 0 Å². The van der Waals surface area contributed by atoms with Crippen LogP contribution in [-0.4, -0.2) is 28.4 Å². The Hall–Kier alpha value is -5.10. The number of fused-ring (bicyclic) bond motifs is 6. The molecule has 0 saturated carbocycles. The maximum absolute atomic E-state index is 4.54. The van der Waals surface area contributed by atoms with Crippen molar-refractivity contribution in [3.05, 3.63) is 122 Å². The summed E-state index contributed by atoms with van der Waals surface area (Å²) >= 11 is 0. The molecule has 36 heavy (non-hydrogen) atoms. The highest BCUT2D eigenvalue weighted by atomic mass is 15.3. The highest BCUT2D eigenvalue weighted by Gasteiger charge is 2.15. The number of aromatic nitrogens is 6. The molecule has 6 heteroatoms. The maximum Gasteiger partial charge on any atom is 0.141 e. The SMILES string of the molecule is c1cc(-c2cccc(-n3c4ccccc4n4nccc34)c2)cc(-n2c3ccccc3n3nccc23)c1. The van der Waals surface area contributed by atoms with Crippen molar-refractivity contribution in [3.8, 4) is 22.5 Å². The van der Waals surface area contributed by atoms with Crippen molar-refractivity contribution in [1.82, 2.24) is 28.4 Å². The molecular formula is C30H20N6. The summed E-state index contributed by atoms with van der Waals surface area (Å²) in [5.74, 6) is 0. The third-order valence-corrected chi connectivity index (χ3v) is 6.95. The molecule has 0 amide bonds. The van der Waals surface area contributed by atoms with Gasteiger partial charge in [0, 0.05) is 23.5 Å². The van der Waals surface area contributed by atoms with Gasteiger partial charge in [-0.05, 0) is 59.7 Å². The lowest BCUT2D eigenvalue weighted by molar-refractivity contribution is 0.992. The Morgan fingerprint density at radius 3 is 1.33 bits per heavy atom. The van der Waals surface area contributed by atoms with Crippen molar-refractivity contribution in [2.75, 3.05) is 0 Å². The highest BCUT2D eigenvalue weighted by Crippen LogP contribution is 2.31. The molecule has 0 radical (unpaired) electrons. The number of benzene rings is 4. The molecule has 4 heterocycles. The molecule has 0 aliphatic carbocycles. The van der Waals surface area contributed by atoms with E-state index >= 15 is 0 Å². The van der Waals surface area contributed by atoms with Crippen molar-refractivity contribution in [1.29, 1.82) is 0 Å². The van der Waals surface area contributed by atoms with E-state index in [4.69, 9.17) is 0 Å². The van der Waals surface area contributed by atoms with E-state index in [0.29, 0.717) is 0 Å². The Bertz CT molecular complexity index is 1920. The van der Waals surface area contributed by atoms with E-state index in [1.165, 1.54) is 0 Å². The van der Waals surface area contributed by atoms with E-state index in [9.17, 15) is 0 Å². The van der Waals surface area contributed by atoms with Gasteiger partial charge in [0.15, 0.2) is 0 Å². The van der Waals surface area contributed by atoms with Gasteiger partial charge >= 0.3 is 0 Å². The fourth-order valence-electron chi connectivity index (χ4n) is 5.41. The van der Waals surface area contributed by atoms with Crippen LogP contribution < -0.4 is 0 Å². The summed E-state index contributed by atoms with van der Waals surface area (Å²) in [7, 11) is 0. The molecule has 0 fully saturated rings. The molecule has 4 aromatic heterocycles. The molecule has 0 aliphatic heterocycles. The molecule has 170 valence electrons. The smallest absolute Gasteiger partial charge is 0.141 e. The summed E-state index contributed by atoms with van der Waals surface area (Å²) in [5, 5.41) is 9.09. The van der Waals surface area contributed by atoms with Gasteiger partial charge in [0.05, 0.1) is 34.5 Å². The number of para-hydroxylation sites is 4. The van der Waals surface area contributed by atoms with Crippen LogP contribution in [0, 0.1) is 0 Å². The minimum atomic E-state index is 1.05. The van der Waals surface area contributed by atoms with E-state index < -0.39 is 0 Å².